The van der Waals surface area contributed by atoms with E-state index in [-0.39, 0.29) is 0 Å². The summed E-state index contributed by atoms with van der Waals surface area (Å²) in [6.45, 7) is 0. The van der Waals surface area contributed by atoms with E-state index < -0.39 is 0 Å². The van der Waals surface area contributed by atoms with Gasteiger partial charge in [0.25, 0.3) is 0 Å². The van der Waals surface area contributed by atoms with E-state index in [1.807, 2.05) is 104 Å². The Morgan fingerprint density at radius 3 is 1.07 bits per heavy atom. The number of pyridine rings is 11. The Hall–Kier alpha value is -16.1. The summed E-state index contributed by atoms with van der Waals surface area (Å²) < 4.78 is 0. The molecule has 0 atom stereocenters. The second-order valence-electron chi connectivity index (χ2n) is 29.4. The molecule has 0 spiro atoms. The van der Waals surface area contributed by atoms with Crippen LogP contribution in [-0.4, -0.2) is 54.8 Å². The number of benzene rings is 12. The predicted octanol–water partition coefficient (Wildman–Crippen LogP) is 26.6. The Bertz CT molecular complexity index is 7820. The lowest BCUT2D eigenvalue weighted by Crippen LogP contribution is -1.90. The molecule has 0 aliphatic rings. The van der Waals surface area contributed by atoms with Gasteiger partial charge in [-0.05, 0) is 207 Å². The molecule has 23 rings (SSSR count). The van der Waals surface area contributed by atoms with E-state index in [4.69, 9.17) is 34.9 Å². The summed E-state index contributed by atoms with van der Waals surface area (Å²) >= 11 is 0. The van der Waals surface area contributed by atoms with Crippen LogP contribution in [0.2, 0.25) is 0 Å². The number of fused-ring (bicyclic) bond motifs is 11. The molecular weight excluding hydrogens is 1440 g/mol. The second kappa shape index (κ2) is 30.4. The van der Waals surface area contributed by atoms with Gasteiger partial charge in [0.15, 0.2) is 0 Å². The maximum Gasteiger partial charge on any atom is 0.0972 e. The maximum absolute atomic E-state index is 5.07. The first-order valence-electron chi connectivity index (χ1n) is 39.3. The molecule has 0 N–H and O–H groups in total. The summed E-state index contributed by atoms with van der Waals surface area (Å²) in [5.74, 6) is 0. The third kappa shape index (κ3) is 14.0. The van der Waals surface area contributed by atoms with Gasteiger partial charge < -0.3 is 0 Å². The lowest BCUT2D eigenvalue weighted by Gasteiger charge is -2.09. The fourth-order valence-electron chi connectivity index (χ4n) is 15.8. The fourth-order valence-corrected chi connectivity index (χ4v) is 15.8. The van der Waals surface area contributed by atoms with Gasteiger partial charge in [0, 0.05) is 114 Å². The molecule has 0 fully saturated rings. The molecule has 0 saturated carbocycles. The number of hydrogen-bond acceptors (Lipinski definition) is 11. The largest absolute Gasteiger partial charge is 0.264 e. The highest BCUT2D eigenvalue weighted by atomic mass is 14.8. The molecule has 550 valence electrons. The van der Waals surface area contributed by atoms with Crippen LogP contribution in [-0.2, 0) is 0 Å². The number of hydrogen-bond donors (Lipinski definition) is 0. The third-order valence-corrected chi connectivity index (χ3v) is 22.0. The molecule has 23 aromatic rings. The Morgan fingerprint density at radius 2 is 0.517 bits per heavy atom. The molecule has 118 heavy (non-hydrogen) atoms. The van der Waals surface area contributed by atoms with Crippen molar-refractivity contribution in [2.45, 2.75) is 0 Å². The molecule has 0 amide bonds. The van der Waals surface area contributed by atoms with E-state index in [9.17, 15) is 0 Å². The Morgan fingerprint density at radius 1 is 0.153 bits per heavy atom. The van der Waals surface area contributed by atoms with Crippen LogP contribution >= 0.6 is 0 Å². The van der Waals surface area contributed by atoms with Crippen LogP contribution < -0.4 is 0 Å². The topological polar surface area (TPSA) is 142 Å². The number of nitrogens with zero attached hydrogens (tertiary/aromatic N) is 11. The molecular formula is C107H67N11. The van der Waals surface area contributed by atoms with Crippen molar-refractivity contribution in [3.05, 3.63) is 407 Å². The molecule has 0 aliphatic carbocycles. The van der Waals surface area contributed by atoms with Gasteiger partial charge in [-0.15, -0.1) is 0 Å². The molecule has 12 aromatic carbocycles. The van der Waals surface area contributed by atoms with Gasteiger partial charge in [-0.1, -0.05) is 218 Å². The quantitative estimate of drug-likeness (QED) is 0.121. The van der Waals surface area contributed by atoms with E-state index in [1.54, 1.807) is 18.6 Å². The first kappa shape index (κ1) is 69.8. The van der Waals surface area contributed by atoms with Crippen molar-refractivity contribution >= 4 is 109 Å². The zero-order valence-electron chi connectivity index (χ0n) is 63.6. The van der Waals surface area contributed by atoms with Gasteiger partial charge >= 0.3 is 0 Å². The summed E-state index contributed by atoms with van der Waals surface area (Å²) in [5, 5.41) is 13.6. The highest BCUT2D eigenvalue weighted by Gasteiger charge is 2.15. The minimum Gasteiger partial charge on any atom is -0.264 e. The van der Waals surface area contributed by atoms with Crippen molar-refractivity contribution in [3.8, 4) is 112 Å². The highest BCUT2D eigenvalue weighted by molar-refractivity contribution is 6.04. The number of rotatable bonds is 10. The molecule has 0 bridgehead atoms. The average molecular weight is 1510 g/mol. The lowest BCUT2D eigenvalue weighted by molar-refractivity contribution is 1.28. The van der Waals surface area contributed by atoms with Crippen molar-refractivity contribution in [1.29, 1.82) is 0 Å². The zero-order valence-corrected chi connectivity index (χ0v) is 63.6. The molecule has 11 heterocycles. The smallest absolute Gasteiger partial charge is 0.0972 e. The standard InChI is InChI=1S/C45H27N5.C33H21N3.C29H19N3/c1-2-22-46-41(5-1)42-21-14-28-6-9-34(27-43(28)49-42)33-16-19-38-37(26-33)17-20-39(48-38)35-12-10-32-25-36(13-11-31(32)24-35)40-18-15-30-8-7-29-4-3-23-47-44(29)45(30)50-40;1-2-8-28-22(5-1)6-3-9-29(28)32-17-14-26-19-24(13-16-30(26)35-32)25-11-10-23-12-15-31(36-33(23)20-25)27-7-4-18-34-21-27;1-2-5-20(6-3-1)26-15-12-24-17-22(11-14-27(24)31-26)23-9-8-21-10-13-28(32-29(21)18-23)25-7-4-16-30-19-25/h1-27H;1-21H;1-19H. The van der Waals surface area contributed by atoms with Gasteiger partial charge in [-0.2, -0.15) is 0 Å². The first-order valence-corrected chi connectivity index (χ1v) is 39.3. The third-order valence-electron chi connectivity index (χ3n) is 22.0. The van der Waals surface area contributed by atoms with Crippen LogP contribution in [0, 0.1) is 0 Å². The van der Waals surface area contributed by atoms with Gasteiger partial charge in [-0.25, -0.2) is 34.9 Å². The molecule has 11 nitrogen and oxygen atoms in total. The van der Waals surface area contributed by atoms with Crippen molar-refractivity contribution in [3.63, 3.8) is 0 Å². The van der Waals surface area contributed by atoms with Crippen LogP contribution in [0.25, 0.3) is 221 Å². The predicted molar refractivity (Wildman–Crippen MR) is 484 cm³/mol. The second-order valence-corrected chi connectivity index (χ2v) is 29.4. The molecule has 11 heteroatoms. The minimum atomic E-state index is 0.869. The number of aromatic nitrogens is 11. The molecule has 0 unspecified atom stereocenters. The molecule has 11 aromatic heterocycles. The van der Waals surface area contributed by atoms with Crippen molar-refractivity contribution in [2.24, 2.45) is 0 Å². The maximum atomic E-state index is 5.07. The van der Waals surface area contributed by atoms with Crippen molar-refractivity contribution < 1.29 is 0 Å². The fraction of sp³-hybridized carbons (Fsp3) is 0. The minimum absolute atomic E-state index is 0.869. The average Bonchev–Trinajstić information content (AvgIpc) is 0.781. The molecule has 0 radical (unpaired) electrons. The summed E-state index contributed by atoms with van der Waals surface area (Å²) in [4.78, 5) is 52.2. The van der Waals surface area contributed by atoms with E-state index in [0.29, 0.717) is 0 Å². The molecule has 0 saturated heterocycles. The Balaban J connectivity index is 0.000000114. The van der Waals surface area contributed by atoms with E-state index in [0.717, 1.165) is 210 Å². The van der Waals surface area contributed by atoms with Gasteiger partial charge in [0.1, 0.15) is 0 Å². The Labute approximate surface area is 678 Å². The summed E-state index contributed by atoms with van der Waals surface area (Å²) in [6.07, 6.45) is 10.9. The zero-order chi connectivity index (χ0) is 78.2. The SMILES string of the molecule is c1ccc(-c2ccc3cc(-c4ccc5ccc(-c6cccnc6)nc5c4)ccc3n2)cc1.c1ccc(-c2ccc3ccc(-c4ccc5nc(-c6ccc7cc(-c8ccc9ccc%10cccnc%10c9n8)ccc7c6)ccc5c4)cc3n2)nc1.c1cncc(-c2ccc3ccc(-c4ccc5nc(-c6cccc7ccccc67)ccc5c4)cc3n2)c1. The van der Waals surface area contributed by atoms with Crippen LogP contribution in [0.3, 0.4) is 0 Å². The van der Waals surface area contributed by atoms with E-state index in [1.165, 1.54) is 10.8 Å². The van der Waals surface area contributed by atoms with Crippen LogP contribution in [0.5, 0.6) is 0 Å². The summed E-state index contributed by atoms with van der Waals surface area (Å²) in [7, 11) is 0. The summed E-state index contributed by atoms with van der Waals surface area (Å²) in [6, 6.07) is 128. The van der Waals surface area contributed by atoms with Gasteiger partial charge in [-0.3, -0.25) is 19.9 Å². The van der Waals surface area contributed by atoms with Crippen molar-refractivity contribution in [2.75, 3.05) is 0 Å². The molecule has 0 aliphatic heterocycles. The van der Waals surface area contributed by atoms with Gasteiger partial charge in [0.2, 0.25) is 0 Å². The normalized spacial score (nSPS) is 11.4. The van der Waals surface area contributed by atoms with E-state index >= 15 is 0 Å². The monoisotopic (exact) mass is 1510 g/mol. The van der Waals surface area contributed by atoms with Crippen LogP contribution in [0.1, 0.15) is 0 Å². The highest BCUT2D eigenvalue weighted by Crippen LogP contribution is 2.37. The van der Waals surface area contributed by atoms with Crippen LogP contribution in [0.4, 0.5) is 0 Å². The summed E-state index contributed by atoms with van der Waals surface area (Å²) in [5.41, 5.74) is 28.5. The van der Waals surface area contributed by atoms with Crippen molar-refractivity contribution in [1.82, 2.24) is 54.8 Å². The first-order chi connectivity index (χ1) is 58.4. The Kier molecular flexibility index (Phi) is 18.0. The van der Waals surface area contributed by atoms with Crippen LogP contribution in [0.15, 0.2) is 407 Å². The van der Waals surface area contributed by atoms with E-state index in [2.05, 4.69) is 305 Å². The van der Waals surface area contributed by atoms with Gasteiger partial charge in [0.05, 0.1) is 89.7 Å². The lowest BCUT2D eigenvalue weighted by atomic mass is 9.99.